The number of carbonyl (C=O) groups excluding carboxylic acids is 1. The Bertz CT molecular complexity index is 160. The number of hydrogen-bond donors (Lipinski definition) is 2. The standard InChI is InChI=1S/C10H22N2O2/c1-9(6-7-12(2)3)11-10(14)5-4-8-13/h9,13H,4-8H2,1-3H3,(H,11,14). The van der Waals surface area contributed by atoms with Gasteiger partial charge in [-0.3, -0.25) is 4.79 Å². The lowest BCUT2D eigenvalue weighted by atomic mass is 10.2. The van der Waals surface area contributed by atoms with Gasteiger partial charge in [-0.25, -0.2) is 0 Å². The summed E-state index contributed by atoms with van der Waals surface area (Å²) in [6.45, 7) is 3.06. The third kappa shape index (κ3) is 8.01. The summed E-state index contributed by atoms with van der Waals surface area (Å²) >= 11 is 0. The van der Waals surface area contributed by atoms with Crippen molar-refractivity contribution in [1.29, 1.82) is 0 Å². The number of nitrogens with zero attached hydrogens (tertiary/aromatic N) is 1. The summed E-state index contributed by atoms with van der Waals surface area (Å²) < 4.78 is 0. The maximum atomic E-state index is 11.2. The lowest BCUT2D eigenvalue weighted by Gasteiger charge is -2.16. The van der Waals surface area contributed by atoms with E-state index in [0.29, 0.717) is 12.8 Å². The Hall–Kier alpha value is -0.610. The van der Waals surface area contributed by atoms with E-state index in [4.69, 9.17) is 5.11 Å². The van der Waals surface area contributed by atoms with Crippen molar-refractivity contribution >= 4 is 5.91 Å². The van der Waals surface area contributed by atoms with Crippen molar-refractivity contribution in [3.8, 4) is 0 Å². The third-order valence-corrected chi connectivity index (χ3v) is 1.98. The third-order valence-electron chi connectivity index (χ3n) is 1.98. The molecule has 0 saturated heterocycles. The summed E-state index contributed by atoms with van der Waals surface area (Å²) in [5.41, 5.74) is 0. The molecule has 1 unspecified atom stereocenters. The highest BCUT2D eigenvalue weighted by Crippen LogP contribution is 1.94. The SMILES string of the molecule is CC(CCN(C)C)NC(=O)CCCO. The quantitative estimate of drug-likeness (QED) is 0.621. The first-order valence-corrected chi connectivity index (χ1v) is 5.11. The molecule has 0 aliphatic heterocycles. The molecule has 0 spiro atoms. The predicted octanol–water partition coefficient (Wildman–Crippen LogP) is 0.215. The van der Waals surface area contributed by atoms with Gasteiger partial charge in [-0.05, 0) is 40.4 Å². The molecule has 14 heavy (non-hydrogen) atoms. The van der Waals surface area contributed by atoms with E-state index in [1.54, 1.807) is 0 Å². The lowest BCUT2D eigenvalue weighted by molar-refractivity contribution is -0.122. The van der Waals surface area contributed by atoms with E-state index < -0.39 is 0 Å². The Kier molecular flexibility index (Phi) is 7.42. The molecule has 0 fully saturated rings. The van der Waals surface area contributed by atoms with Crippen LogP contribution in [0.4, 0.5) is 0 Å². The van der Waals surface area contributed by atoms with E-state index in [1.165, 1.54) is 0 Å². The first kappa shape index (κ1) is 13.4. The van der Waals surface area contributed by atoms with Gasteiger partial charge < -0.3 is 15.3 Å². The van der Waals surface area contributed by atoms with Crippen LogP contribution in [-0.2, 0) is 4.79 Å². The van der Waals surface area contributed by atoms with E-state index in [9.17, 15) is 4.79 Å². The molecule has 0 aromatic carbocycles. The minimum absolute atomic E-state index is 0.0327. The minimum Gasteiger partial charge on any atom is -0.396 e. The largest absolute Gasteiger partial charge is 0.396 e. The maximum Gasteiger partial charge on any atom is 0.220 e. The van der Waals surface area contributed by atoms with E-state index in [2.05, 4.69) is 10.2 Å². The maximum absolute atomic E-state index is 11.2. The fraction of sp³-hybridized carbons (Fsp3) is 0.900. The van der Waals surface area contributed by atoms with Gasteiger partial charge in [-0.15, -0.1) is 0 Å². The van der Waals surface area contributed by atoms with E-state index in [1.807, 2.05) is 21.0 Å². The van der Waals surface area contributed by atoms with Crippen molar-refractivity contribution < 1.29 is 9.90 Å². The van der Waals surface area contributed by atoms with E-state index in [0.717, 1.165) is 13.0 Å². The second-order valence-electron chi connectivity index (χ2n) is 3.89. The Labute approximate surface area is 86.3 Å². The lowest BCUT2D eigenvalue weighted by Crippen LogP contribution is -2.34. The fourth-order valence-corrected chi connectivity index (χ4v) is 1.11. The fourth-order valence-electron chi connectivity index (χ4n) is 1.11. The molecule has 0 heterocycles. The van der Waals surface area contributed by atoms with Crippen molar-refractivity contribution in [2.45, 2.75) is 32.2 Å². The summed E-state index contributed by atoms with van der Waals surface area (Å²) in [6.07, 6.45) is 1.92. The Morgan fingerprint density at radius 1 is 1.50 bits per heavy atom. The van der Waals surface area contributed by atoms with Crippen LogP contribution < -0.4 is 5.32 Å². The van der Waals surface area contributed by atoms with Gasteiger partial charge in [-0.1, -0.05) is 0 Å². The number of hydrogen-bond acceptors (Lipinski definition) is 3. The van der Waals surface area contributed by atoms with Gasteiger partial charge in [0.05, 0.1) is 0 Å². The van der Waals surface area contributed by atoms with Gasteiger partial charge in [0.2, 0.25) is 5.91 Å². The molecule has 0 aliphatic carbocycles. The van der Waals surface area contributed by atoms with E-state index in [-0.39, 0.29) is 18.6 Å². The zero-order valence-electron chi connectivity index (χ0n) is 9.42. The van der Waals surface area contributed by atoms with Crippen LogP contribution in [0.2, 0.25) is 0 Å². The Balaban J connectivity index is 3.50. The molecule has 0 aromatic rings. The molecule has 0 saturated carbocycles. The molecular weight excluding hydrogens is 180 g/mol. The molecule has 1 atom stereocenters. The molecule has 0 radical (unpaired) electrons. The van der Waals surface area contributed by atoms with Crippen molar-refractivity contribution in [3.05, 3.63) is 0 Å². The molecule has 0 rings (SSSR count). The molecular formula is C10H22N2O2. The Morgan fingerprint density at radius 2 is 2.14 bits per heavy atom. The first-order chi connectivity index (χ1) is 6.56. The predicted molar refractivity (Wildman–Crippen MR) is 57.1 cm³/mol. The highest BCUT2D eigenvalue weighted by molar-refractivity contribution is 5.76. The van der Waals surface area contributed by atoms with Crippen LogP contribution in [0.25, 0.3) is 0 Å². The van der Waals surface area contributed by atoms with Gasteiger partial charge in [0.1, 0.15) is 0 Å². The Morgan fingerprint density at radius 3 is 2.64 bits per heavy atom. The van der Waals surface area contributed by atoms with Crippen LogP contribution in [0.15, 0.2) is 0 Å². The molecule has 0 aromatic heterocycles. The van der Waals surface area contributed by atoms with Gasteiger partial charge in [0.15, 0.2) is 0 Å². The van der Waals surface area contributed by atoms with Crippen LogP contribution >= 0.6 is 0 Å². The van der Waals surface area contributed by atoms with Gasteiger partial charge in [0.25, 0.3) is 0 Å². The molecule has 4 nitrogen and oxygen atoms in total. The highest BCUT2D eigenvalue weighted by Gasteiger charge is 2.06. The molecule has 4 heteroatoms. The van der Waals surface area contributed by atoms with Gasteiger partial charge in [0, 0.05) is 19.1 Å². The monoisotopic (exact) mass is 202 g/mol. The number of aliphatic hydroxyl groups is 1. The van der Waals surface area contributed by atoms with E-state index >= 15 is 0 Å². The number of amides is 1. The van der Waals surface area contributed by atoms with Gasteiger partial charge in [-0.2, -0.15) is 0 Å². The molecule has 0 aliphatic rings. The molecule has 2 N–H and O–H groups in total. The van der Waals surface area contributed by atoms with Crippen molar-refractivity contribution in [1.82, 2.24) is 10.2 Å². The zero-order chi connectivity index (χ0) is 11.0. The zero-order valence-corrected chi connectivity index (χ0v) is 9.42. The minimum atomic E-state index is 0.0327. The van der Waals surface area contributed by atoms with Crippen LogP contribution in [0, 0.1) is 0 Å². The second kappa shape index (κ2) is 7.76. The van der Waals surface area contributed by atoms with Gasteiger partial charge >= 0.3 is 0 Å². The molecule has 84 valence electrons. The van der Waals surface area contributed by atoms with Crippen LogP contribution in [0.3, 0.4) is 0 Å². The van der Waals surface area contributed by atoms with Crippen molar-refractivity contribution in [3.63, 3.8) is 0 Å². The summed E-state index contributed by atoms with van der Waals surface area (Å²) in [6, 6.07) is 0.212. The smallest absolute Gasteiger partial charge is 0.220 e. The summed E-state index contributed by atoms with van der Waals surface area (Å²) in [5, 5.41) is 11.4. The van der Waals surface area contributed by atoms with Crippen molar-refractivity contribution in [2.24, 2.45) is 0 Å². The summed E-state index contributed by atoms with van der Waals surface area (Å²) in [5.74, 6) is 0.0327. The average Bonchev–Trinajstić information content (AvgIpc) is 2.11. The topological polar surface area (TPSA) is 52.6 Å². The van der Waals surface area contributed by atoms with Crippen LogP contribution in [0.1, 0.15) is 26.2 Å². The molecule has 1 amide bonds. The van der Waals surface area contributed by atoms with Crippen LogP contribution in [0.5, 0.6) is 0 Å². The number of rotatable bonds is 7. The number of carbonyl (C=O) groups is 1. The normalized spacial score (nSPS) is 12.9. The highest BCUT2D eigenvalue weighted by atomic mass is 16.3. The van der Waals surface area contributed by atoms with Crippen LogP contribution in [-0.4, -0.2) is 49.2 Å². The summed E-state index contributed by atoms with van der Waals surface area (Å²) in [4.78, 5) is 13.3. The molecule has 0 bridgehead atoms. The summed E-state index contributed by atoms with van der Waals surface area (Å²) in [7, 11) is 4.03. The average molecular weight is 202 g/mol. The van der Waals surface area contributed by atoms with Crippen molar-refractivity contribution in [2.75, 3.05) is 27.2 Å². The second-order valence-corrected chi connectivity index (χ2v) is 3.89. The number of nitrogens with one attached hydrogen (secondary N) is 1. The number of aliphatic hydroxyl groups excluding tert-OH is 1. The first-order valence-electron chi connectivity index (χ1n) is 5.11.